The van der Waals surface area contributed by atoms with Crippen LogP contribution in [0, 0.1) is 10.8 Å². The summed E-state index contributed by atoms with van der Waals surface area (Å²) < 4.78 is 5.27. The van der Waals surface area contributed by atoms with Crippen LogP contribution in [0.3, 0.4) is 0 Å². The summed E-state index contributed by atoms with van der Waals surface area (Å²) in [6, 6.07) is 0. The third-order valence-corrected chi connectivity index (χ3v) is 2.77. The predicted octanol–water partition coefficient (Wildman–Crippen LogP) is 3.57. The standard InChI is InChI=1S/C13H24O2/c1-8-13(5,6)10(14)9-11(15-7)12(2,3)4/h9H,8H2,1-7H3/b11-9-. The van der Waals surface area contributed by atoms with Crippen molar-refractivity contribution in [1.29, 1.82) is 0 Å². The van der Waals surface area contributed by atoms with Gasteiger partial charge < -0.3 is 4.74 Å². The summed E-state index contributed by atoms with van der Waals surface area (Å²) in [6.45, 7) is 12.1. The van der Waals surface area contributed by atoms with Crippen molar-refractivity contribution in [2.24, 2.45) is 10.8 Å². The summed E-state index contributed by atoms with van der Waals surface area (Å²) in [4.78, 5) is 12.0. The number of ether oxygens (including phenoxy) is 1. The maximum atomic E-state index is 12.0. The lowest BCUT2D eigenvalue weighted by molar-refractivity contribution is -0.122. The maximum absolute atomic E-state index is 12.0. The van der Waals surface area contributed by atoms with E-state index in [0.717, 1.165) is 12.2 Å². The van der Waals surface area contributed by atoms with Crippen LogP contribution in [0.15, 0.2) is 11.8 Å². The highest BCUT2D eigenvalue weighted by atomic mass is 16.5. The van der Waals surface area contributed by atoms with E-state index in [2.05, 4.69) is 0 Å². The van der Waals surface area contributed by atoms with E-state index >= 15 is 0 Å². The number of carbonyl (C=O) groups excluding carboxylic acids is 1. The highest BCUT2D eigenvalue weighted by Crippen LogP contribution is 2.28. The fourth-order valence-electron chi connectivity index (χ4n) is 1.07. The first-order valence-electron chi connectivity index (χ1n) is 5.45. The van der Waals surface area contributed by atoms with Crippen LogP contribution in [0.1, 0.15) is 48.0 Å². The van der Waals surface area contributed by atoms with E-state index in [4.69, 9.17) is 4.74 Å². The van der Waals surface area contributed by atoms with Crippen LogP contribution in [0.2, 0.25) is 0 Å². The molecule has 0 heterocycles. The summed E-state index contributed by atoms with van der Waals surface area (Å²) in [7, 11) is 1.61. The summed E-state index contributed by atoms with van der Waals surface area (Å²) in [5.74, 6) is 0.880. The summed E-state index contributed by atoms with van der Waals surface area (Å²) >= 11 is 0. The molecule has 0 aromatic carbocycles. The molecule has 0 fully saturated rings. The van der Waals surface area contributed by atoms with E-state index < -0.39 is 0 Å². The van der Waals surface area contributed by atoms with E-state index in [0.29, 0.717) is 0 Å². The molecular weight excluding hydrogens is 188 g/mol. The summed E-state index contributed by atoms with van der Waals surface area (Å²) in [6.07, 6.45) is 2.48. The van der Waals surface area contributed by atoms with Crippen molar-refractivity contribution in [3.05, 3.63) is 11.8 Å². The number of hydrogen-bond acceptors (Lipinski definition) is 2. The minimum atomic E-state index is -0.297. The van der Waals surface area contributed by atoms with Gasteiger partial charge in [-0.15, -0.1) is 0 Å². The number of allylic oxidation sites excluding steroid dienone is 2. The zero-order valence-electron chi connectivity index (χ0n) is 11.1. The molecule has 15 heavy (non-hydrogen) atoms. The molecular formula is C13H24O2. The number of methoxy groups -OCH3 is 1. The molecule has 0 atom stereocenters. The molecule has 0 spiro atoms. The molecule has 0 saturated carbocycles. The first kappa shape index (κ1) is 14.2. The highest BCUT2D eigenvalue weighted by Gasteiger charge is 2.26. The Morgan fingerprint density at radius 1 is 1.20 bits per heavy atom. The number of carbonyl (C=O) groups is 1. The lowest BCUT2D eigenvalue weighted by atomic mass is 9.83. The van der Waals surface area contributed by atoms with E-state index in [-0.39, 0.29) is 16.6 Å². The van der Waals surface area contributed by atoms with E-state index in [1.165, 1.54) is 0 Å². The fourth-order valence-corrected chi connectivity index (χ4v) is 1.07. The van der Waals surface area contributed by atoms with Crippen LogP contribution in [0.5, 0.6) is 0 Å². The Morgan fingerprint density at radius 3 is 1.93 bits per heavy atom. The normalized spacial score (nSPS) is 13.9. The van der Waals surface area contributed by atoms with Gasteiger partial charge in [-0.25, -0.2) is 0 Å². The van der Waals surface area contributed by atoms with Crippen molar-refractivity contribution in [3.63, 3.8) is 0 Å². The largest absolute Gasteiger partial charge is 0.500 e. The van der Waals surface area contributed by atoms with Gasteiger partial charge in [-0.1, -0.05) is 41.5 Å². The average Bonchev–Trinajstić information content (AvgIpc) is 2.11. The van der Waals surface area contributed by atoms with Crippen molar-refractivity contribution >= 4 is 5.78 Å². The van der Waals surface area contributed by atoms with Gasteiger partial charge in [-0.2, -0.15) is 0 Å². The van der Waals surface area contributed by atoms with E-state index in [9.17, 15) is 4.79 Å². The van der Waals surface area contributed by atoms with Crippen LogP contribution < -0.4 is 0 Å². The van der Waals surface area contributed by atoms with Crippen molar-refractivity contribution < 1.29 is 9.53 Å². The summed E-state index contributed by atoms with van der Waals surface area (Å²) in [5.41, 5.74) is -0.413. The van der Waals surface area contributed by atoms with E-state index in [1.54, 1.807) is 13.2 Å². The molecule has 0 N–H and O–H groups in total. The Balaban J connectivity index is 4.96. The van der Waals surface area contributed by atoms with Gasteiger partial charge in [0.15, 0.2) is 5.78 Å². The molecule has 0 radical (unpaired) electrons. The minimum absolute atomic E-state index is 0.117. The lowest BCUT2D eigenvalue weighted by Crippen LogP contribution is -2.23. The SMILES string of the molecule is CCC(C)(C)C(=O)/C=C(\OC)C(C)(C)C. The highest BCUT2D eigenvalue weighted by molar-refractivity contribution is 5.94. The van der Waals surface area contributed by atoms with Gasteiger partial charge in [0.05, 0.1) is 7.11 Å². The third kappa shape index (κ3) is 4.06. The molecule has 0 bridgehead atoms. The van der Waals surface area contributed by atoms with Crippen LogP contribution in [-0.2, 0) is 9.53 Å². The van der Waals surface area contributed by atoms with Crippen molar-refractivity contribution in [2.45, 2.75) is 48.0 Å². The molecule has 0 aliphatic rings. The van der Waals surface area contributed by atoms with Gasteiger partial charge in [-0.3, -0.25) is 4.79 Å². The third-order valence-electron chi connectivity index (χ3n) is 2.77. The topological polar surface area (TPSA) is 26.3 Å². The smallest absolute Gasteiger partial charge is 0.164 e. The monoisotopic (exact) mass is 212 g/mol. The van der Waals surface area contributed by atoms with Gasteiger partial charge in [0, 0.05) is 16.9 Å². The zero-order chi connectivity index (χ0) is 12.3. The van der Waals surface area contributed by atoms with Crippen molar-refractivity contribution in [1.82, 2.24) is 0 Å². The molecule has 2 nitrogen and oxygen atoms in total. The molecule has 88 valence electrons. The van der Waals surface area contributed by atoms with Gasteiger partial charge in [0.1, 0.15) is 5.76 Å². The second kappa shape index (κ2) is 4.82. The van der Waals surface area contributed by atoms with Crippen LogP contribution in [0.25, 0.3) is 0 Å². The second-order valence-corrected chi connectivity index (χ2v) is 5.56. The minimum Gasteiger partial charge on any atom is -0.500 e. The molecule has 0 aliphatic heterocycles. The molecule has 0 aliphatic carbocycles. The van der Waals surface area contributed by atoms with Crippen LogP contribution in [-0.4, -0.2) is 12.9 Å². The van der Waals surface area contributed by atoms with Gasteiger partial charge in [-0.05, 0) is 6.42 Å². The maximum Gasteiger partial charge on any atom is 0.164 e. The quantitative estimate of drug-likeness (QED) is 0.526. The molecule has 0 unspecified atom stereocenters. The Bertz CT molecular complexity index is 254. The number of rotatable bonds is 4. The van der Waals surface area contributed by atoms with Crippen LogP contribution in [0.4, 0.5) is 0 Å². The molecule has 0 rings (SSSR count). The Labute approximate surface area is 93.7 Å². The molecule has 0 aromatic heterocycles. The number of hydrogen-bond donors (Lipinski definition) is 0. The Hall–Kier alpha value is -0.790. The first-order chi connectivity index (χ1) is 6.65. The fraction of sp³-hybridized carbons (Fsp3) is 0.769. The number of ketones is 1. The van der Waals surface area contributed by atoms with Gasteiger partial charge in [0.2, 0.25) is 0 Å². The molecule has 0 aromatic rings. The van der Waals surface area contributed by atoms with Crippen molar-refractivity contribution in [2.75, 3.05) is 7.11 Å². The van der Waals surface area contributed by atoms with Gasteiger partial charge >= 0.3 is 0 Å². The Morgan fingerprint density at radius 2 is 1.67 bits per heavy atom. The molecule has 0 saturated heterocycles. The molecule has 2 heteroatoms. The zero-order valence-corrected chi connectivity index (χ0v) is 11.1. The Kier molecular flexibility index (Phi) is 4.57. The van der Waals surface area contributed by atoms with Crippen LogP contribution >= 0.6 is 0 Å². The first-order valence-corrected chi connectivity index (χ1v) is 5.45. The summed E-state index contributed by atoms with van der Waals surface area (Å²) in [5, 5.41) is 0. The molecule has 0 amide bonds. The van der Waals surface area contributed by atoms with Gasteiger partial charge in [0.25, 0.3) is 0 Å². The second-order valence-electron chi connectivity index (χ2n) is 5.56. The average molecular weight is 212 g/mol. The predicted molar refractivity (Wildman–Crippen MR) is 63.6 cm³/mol. The lowest BCUT2D eigenvalue weighted by Gasteiger charge is -2.24. The van der Waals surface area contributed by atoms with Crippen molar-refractivity contribution in [3.8, 4) is 0 Å². The van der Waals surface area contributed by atoms with E-state index in [1.807, 2.05) is 41.5 Å².